The molecule has 0 spiro atoms. The summed E-state index contributed by atoms with van der Waals surface area (Å²) in [5, 5.41) is 10.3. The first-order chi connectivity index (χ1) is 7.00. The Morgan fingerprint density at radius 1 is 1.47 bits per heavy atom. The largest absolute Gasteiger partial charge is 0.425 e. The first-order valence-electron chi connectivity index (χ1n) is 4.22. The van der Waals surface area contributed by atoms with Crippen molar-refractivity contribution >= 4 is 11.7 Å². The Balaban J connectivity index is 2.73. The number of ether oxygens (including phenoxy) is 1. The zero-order valence-electron chi connectivity index (χ0n) is 8.04. The second-order valence-corrected chi connectivity index (χ2v) is 2.96. The zero-order chi connectivity index (χ0) is 11.4. The first-order valence-corrected chi connectivity index (χ1v) is 4.22. The molecule has 0 aliphatic heterocycles. The van der Waals surface area contributed by atoms with Gasteiger partial charge < -0.3 is 10.5 Å². The van der Waals surface area contributed by atoms with Gasteiger partial charge in [-0.1, -0.05) is 0 Å². The van der Waals surface area contributed by atoms with Crippen LogP contribution in [0.4, 0.5) is 5.69 Å². The molecule has 0 saturated heterocycles. The molecule has 1 aromatic rings. The van der Waals surface area contributed by atoms with Gasteiger partial charge in [0.25, 0.3) is 5.69 Å². The number of hydrogen-bond acceptors (Lipinski definition) is 5. The molecule has 15 heavy (non-hydrogen) atoms. The number of non-ortho nitro benzene ring substituents is 1. The Hall–Kier alpha value is -1.95. The van der Waals surface area contributed by atoms with E-state index in [1.807, 2.05) is 0 Å². The molecule has 0 aliphatic rings. The van der Waals surface area contributed by atoms with Crippen LogP contribution in [0.3, 0.4) is 0 Å². The van der Waals surface area contributed by atoms with E-state index in [1.165, 1.54) is 31.2 Å². The quantitative estimate of drug-likeness (QED) is 0.345. The summed E-state index contributed by atoms with van der Waals surface area (Å²) in [6, 6.07) is 4.48. The molecule has 0 amide bonds. The van der Waals surface area contributed by atoms with Gasteiger partial charge in [0.2, 0.25) is 0 Å². The van der Waals surface area contributed by atoms with Crippen molar-refractivity contribution in [2.75, 3.05) is 0 Å². The molecular weight excluding hydrogens is 200 g/mol. The van der Waals surface area contributed by atoms with E-state index in [1.54, 1.807) is 0 Å². The van der Waals surface area contributed by atoms with Crippen LogP contribution in [0.25, 0.3) is 0 Å². The smallest absolute Gasteiger partial charge is 0.328 e. The fourth-order valence-electron chi connectivity index (χ4n) is 0.845. The number of esters is 1. The van der Waals surface area contributed by atoms with E-state index < -0.39 is 16.9 Å². The van der Waals surface area contributed by atoms with Crippen molar-refractivity contribution < 1.29 is 14.5 Å². The van der Waals surface area contributed by atoms with Crippen LogP contribution in [-0.2, 0) is 4.79 Å². The molecule has 0 saturated carbocycles. The van der Waals surface area contributed by atoms with Gasteiger partial charge in [0.15, 0.2) is 0 Å². The molecule has 1 rings (SSSR count). The number of nitrogens with zero attached hydrogens (tertiary/aromatic N) is 1. The number of rotatable bonds is 3. The van der Waals surface area contributed by atoms with Crippen molar-refractivity contribution in [3.05, 3.63) is 34.4 Å². The maximum absolute atomic E-state index is 11.0. The third-order valence-electron chi connectivity index (χ3n) is 1.64. The Morgan fingerprint density at radius 2 is 2.00 bits per heavy atom. The minimum absolute atomic E-state index is 0.0596. The summed E-state index contributed by atoms with van der Waals surface area (Å²) >= 11 is 0. The second-order valence-electron chi connectivity index (χ2n) is 2.96. The van der Waals surface area contributed by atoms with E-state index in [-0.39, 0.29) is 11.4 Å². The number of nitrogens with two attached hydrogens (primary N) is 1. The molecule has 0 aromatic heterocycles. The van der Waals surface area contributed by atoms with Crippen LogP contribution in [0, 0.1) is 10.1 Å². The summed E-state index contributed by atoms with van der Waals surface area (Å²) in [4.78, 5) is 20.8. The molecule has 0 fully saturated rings. The predicted molar refractivity (Wildman–Crippen MR) is 52.4 cm³/mol. The highest BCUT2D eigenvalue weighted by Gasteiger charge is 2.11. The highest BCUT2D eigenvalue weighted by Crippen LogP contribution is 2.17. The first kappa shape index (κ1) is 11.1. The maximum Gasteiger partial charge on any atom is 0.328 e. The van der Waals surface area contributed by atoms with Gasteiger partial charge in [0.1, 0.15) is 11.8 Å². The average molecular weight is 210 g/mol. The Morgan fingerprint density at radius 3 is 2.40 bits per heavy atom. The van der Waals surface area contributed by atoms with Crippen molar-refractivity contribution in [1.82, 2.24) is 0 Å². The number of nitro benzene ring substituents is 1. The van der Waals surface area contributed by atoms with Crippen LogP contribution < -0.4 is 10.5 Å². The second kappa shape index (κ2) is 4.52. The van der Waals surface area contributed by atoms with Crippen LogP contribution in [0.5, 0.6) is 5.75 Å². The van der Waals surface area contributed by atoms with E-state index in [4.69, 9.17) is 10.5 Å². The predicted octanol–water partition coefficient (Wildman–Crippen LogP) is 0.847. The number of nitro groups is 1. The number of carbonyl (C=O) groups is 1. The third kappa shape index (κ3) is 3.03. The lowest BCUT2D eigenvalue weighted by molar-refractivity contribution is -0.384. The Bertz CT molecular complexity index is 372. The molecule has 0 unspecified atom stereocenters. The normalized spacial score (nSPS) is 11.9. The number of hydrogen-bond donors (Lipinski definition) is 1. The molecule has 0 radical (unpaired) electrons. The lowest BCUT2D eigenvalue weighted by Crippen LogP contribution is -2.30. The molecule has 6 nitrogen and oxygen atoms in total. The van der Waals surface area contributed by atoms with E-state index in [9.17, 15) is 14.9 Å². The molecule has 0 bridgehead atoms. The Kier molecular flexibility index (Phi) is 3.35. The third-order valence-corrected chi connectivity index (χ3v) is 1.64. The van der Waals surface area contributed by atoms with Gasteiger partial charge in [0.05, 0.1) is 4.92 Å². The number of carbonyl (C=O) groups excluding carboxylic acids is 1. The van der Waals surface area contributed by atoms with Gasteiger partial charge in [-0.2, -0.15) is 0 Å². The molecule has 2 N–H and O–H groups in total. The summed E-state index contributed by atoms with van der Waals surface area (Å²) < 4.78 is 4.82. The van der Waals surface area contributed by atoms with Crippen LogP contribution in [0.15, 0.2) is 24.3 Å². The van der Waals surface area contributed by atoms with Crippen molar-refractivity contribution in [3.63, 3.8) is 0 Å². The van der Waals surface area contributed by atoms with E-state index in [0.29, 0.717) is 0 Å². The molecule has 6 heteroatoms. The molecule has 1 atom stereocenters. The monoisotopic (exact) mass is 210 g/mol. The van der Waals surface area contributed by atoms with Crippen molar-refractivity contribution in [2.45, 2.75) is 13.0 Å². The van der Waals surface area contributed by atoms with Crippen LogP contribution in [-0.4, -0.2) is 16.9 Å². The molecule has 1 aromatic carbocycles. The van der Waals surface area contributed by atoms with Crippen molar-refractivity contribution in [3.8, 4) is 5.75 Å². The van der Waals surface area contributed by atoms with Crippen LogP contribution >= 0.6 is 0 Å². The summed E-state index contributed by atoms with van der Waals surface area (Å²) in [6.45, 7) is 1.49. The van der Waals surface area contributed by atoms with Gasteiger partial charge in [-0.05, 0) is 19.1 Å². The highest BCUT2D eigenvalue weighted by molar-refractivity contribution is 5.77. The summed E-state index contributed by atoms with van der Waals surface area (Å²) in [5.41, 5.74) is 5.22. The van der Waals surface area contributed by atoms with E-state index in [2.05, 4.69) is 0 Å². The van der Waals surface area contributed by atoms with Gasteiger partial charge in [-0.15, -0.1) is 0 Å². The lowest BCUT2D eigenvalue weighted by Gasteiger charge is -2.05. The SMILES string of the molecule is C[C@H](N)C(=O)Oc1ccc([N+](=O)[O-])cc1. The average Bonchev–Trinajstić information content (AvgIpc) is 2.18. The fourth-order valence-corrected chi connectivity index (χ4v) is 0.845. The molecule has 80 valence electrons. The number of benzene rings is 1. The summed E-state index contributed by atoms with van der Waals surface area (Å²) in [7, 11) is 0. The molecule has 0 aliphatic carbocycles. The van der Waals surface area contributed by atoms with Crippen LogP contribution in [0.2, 0.25) is 0 Å². The van der Waals surface area contributed by atoms with E-state index in [0.717, 1.165) is 0 Å². The maximum atomic E-state index is 11.0. The minimum atomic E-state index is -0.722. The van der Waals surface area contributed by atoms with Gasteiger partial charge >= 0.3 is 5.97 Å². The fraction of sp³-hybridized carbons (Fsp3) is 0.222. The Labute approximate surface area is 85.8 Å². The standard InChI is InChI=1S/C9H10N2O4/c1-6(10)9(12)15-8-4-2-7(3-5-8)11(13)14/h2-6H,10H2,1H3/t6-/m0/s1. The highest BCUT2D eigenvalue weighted by atomic mass is 16.6. The van der Waals surface area contributed by atoms with Gasteiger partial charge in [-0.3, -0.25) is 10.1 Å². The van der Waals surface area contributed by atoms with Gasteiger partial charge in [-0.25, -0.2) is 4.79 Å². The minimum Gasteiger partial charge on any atom is -0.425 e. The van der Waals surface area contributed by atoms with Crippen LogP contribution in [0.1, 0.15) is 6.92 Å². The molecule has 0 heterocycles. The van der Waals surface area contributed by atoms with E-state index >= 15 is 0 Å². The topological polar surface area (TPSA) is 95.5 Å². The van der Waals surface area contributed by atoms with Crippen molar-refractivity contribution in [1.29, 1.82) is 0 Å². The lowest BCUT2D eigenvalue weighted by atomic mass is 10.3. The zero-order valence-corrected chi connectivity index (χ0v) is 8.04. The van der Waals surface area contributed by atoms with Gasteiger partial charge in [0, 0.05) is 12.1 Å². The molecular formula is C9H10N2O4. The van der Waals surface area contributed by atoms with Crippen molar-refractivity contribution in [2.24, 2.45) is 5.73 Å². The summed E-state index contributed by atoms with van der Waals surface area (Å²) in [5.74, 6) is -0.341. The summed E-state index contributed by atoms with van der Waals surface area (Å²) in [6.07, 6.45) is 0.